The molecular weight excluding hydrogens is 108 g/mol. The lowest BCUT2D eigenvalue weighted by Crippen LogP contribution is -2.11. The highest BCUT2D eigenvalue weighted by molar-refractivity contribution is 6.42. The van der Waals surface area contributed by atoms with Gasteiger partial charge in [0, 0.05) is 7.11 Å². The van der Waals surface area contributed by atoms with E-state index in [1.165, 1.54) is 6.26 Å². The average molecular weight is 118 g/mol. The molecule has 42 valence electrons. The molecule has 1 unspecified atom stereocenters. The van der Waals surface area contributed by atoms with Crippen LogP contribution >= 0.6 is 0 Å². The highest BCUT2D eigenvalue weighted by atomic mass is 28.3. The first-order valence-electron chi connectivity index (χ1n) is 2.10. The summed E-state index contributed by atoms with van der Waals surface area (Å²) in [4.78, 5) is 0. The van der Waals surface area contributed by atoms with Gasteiger partial charge in [-0.1, -0.05) is 6.58 Å². The topological polar surface area (TPSA) is 18.5 Å². The molecule has 0 rings (SSSR count). The molecule has 0 amide bonds. The normalized spacial score (nSPS) is 12.9. The molecule has 0 aromatic rings. The van der Waals surface area contributed by atoms with Crippen molar-refractivity contribution in [1.82, 2.24) is 0 Å². The van der Waals surface area contributed by atoms with Crippen LogP contribution in [0.2, 0.25) is 6.55 Å². The molecule has 1 atom stereocenters. The molecule has 0 saturated heterocycles. The Hall–Kier alpha value is -0.283. The monoisotopic (exact) mass is 118 g/mol. The predicted molar refractivity (Wildman–Crippen MR) is 31.3 cm³/mol. The van der Waals surface area contributed by atoms with Crippen LogP contribution in [0.5, 0.6) is 0 Å². The van der Waals surface area contributed by atoms with Gasteiger partial charge in [0.2, 0.25) is 0 Å². The smallest absolute Gasteiger partial charge is 0.378 e. The second-order valence-electron chi connectivity index (χ2n) is 1.11. The van der Waals surface area contributed by atoms with E-state index in [1.807, 2.05) is 6.55 Å². The minimum atomic E-state index is -1.30. The van der Waals surface area contributed by atoms with E-state index in [4.69, 9.17) is 8.85 Å². The summed E-state index contributed by atoms with van der Waals surface area (Å²) in [6, 6.07) is 0. The Morgan fingerprint density at radius 1 is 1.71 bits per heavy atom. The average Bonchev–Trinajstić information content (AvgIpc) is 1.68. The van der Waals surface area contributed by atoms with Gasteiger partial charge in [0.05, 0.1) is 6.26 Å². The Labute approximate surface area is 45.6 Å². The third-order valence-corrected chi connectivity index (χ3v) is 1.86. The fourth-order valence-electron chi connectivity index (χ4n) is 0.191. The van der Waals surface area contributed by atoms with Crippen LogP contribution in [-0.4, -0.2) is 16.4 Å². The third kappa shape index (κ3) is 3.55. The number of hydrogen-bond donors (Lipinski definition) is 0. The molecule has 7 heavy (non-hydrogen) atoms. The van der Waals surface area contributed by atoms with E-state index >= 15 is 0 Å². The first-order valence-corrected chi connectivity index (χ1v) is 4.20. The van der Waals surface area contributed by atoms with Crippen LogP contribution in [0.25, 0.3) is 0 Å². The summed E-state index contributed by atoms with van der Waals surface area (Å²) in [6.07, 6.45) is 1.42. The molecule has 0 aliphatic carbocycles. The molecule has 0 aliphatic rings. The SMILES string of the molecule is C=CO[SiH](C)OC. The fourth-order valence-corrected chi connectivity index (χ4v) is 0.573. The van der Waals surface area contributed by atoms with Gasteiger partial charge in [0.1, 0.15) is 0 Å². The van der Waals surface area contributed by atoms with E-state index in [2.05, 4.69) is 6.58 Å². The summed E-state index contributed by atoms with van der Waals surface area (Å²) in [5.74, 6) is 0. The van der Waals surface area contributed by atoms with Crippen molar-refractivity contribution in [2.75, 3.05) is 7.11 Å². The molecule has 0 aromatic heterocycles. The molecule has 0 aliphatic heterocycles. The van der Waals surface area contributed by atoms with E-state index in [9.17, 15) is 0 Å². The van der Waals surface area contributed by atoms with Crippen LogP contribution in [0.1, 0.15) is 0 Å². The standard InChI is InChI=1S/C4H10O2Si/c1-4-6-7(3)5-2/h4,7H,1H2,2-3H3. The van der Waals surface area contributed by atoms with Crippen molar-refractivity contribution in [1.29, 1.82) is 0 Å². The second kappa shape index (κ2) is 3.89. The molecule has 0 bridgehead atoms. The second-order valence-corrected chi connectivity index (χ2v) is 2.98. The van der Waals surface area contributed by atoms with Gasteiger partial charge < -0.3 is 8.85 Å². The Bertz CT molecular complexity index is 55.7. The molecule has 0 aromatic carbocycles. The zero-order valence-corrected chi connectivity index (χ0v) is 5.83. The summed E-state index contributed by atoms with van der Waals surface area (Å²) in [5, 5.41) is 0. The molecule has 0 spiro atoms. The van der Waals surface area contributed by atoms with Gasteiger partial charge in [-0.15, -0.1) is 0 Å². The minimum Gasteiger partial charge on any atom is -0.529 e. The van der Waals surface area contributed by atoms with Crippen LogP contribution in [-0.2, 0) is 8.85 Å². The lowest BCUT2D eigenvalue weighted by molar-refractivity contribution is 0.314. The lowest BCUT2D eigenvalue weighted by atomic mass is 11.2. The highest BCUT2D eigenvalue weighted by Gasteiger charge is 1.96. The zero-order chi connectivity index (χ0) is 5.70. The van der Waals surface area contributed by atoms with E-state index in [0.29, 0.717) is 0 Å². The Morgan fingerprint density at radius 3 is 2.43 bits per heavy atom. The molecule has 0 N–H and O–H groups in total. The quantitative estimate of drug-likeness (QED) is 0.400. The van der Waals surface area contributed by atoms with E-state index in [0.717, 1.165) is 0 Å². The van der Waals surface area contributed by atoms with Crippen LogP contribution in [0, 0.1) is 0 Å². The molecule has 2 nitrogen and oxygen atoms in total. The van der Waals surface area contributed by atoms with E-state index < -0.39 is 9.28 Å². The van der Waals surface area contributed by atoms with Crippen LogP contribution in [0.15, 0.2) is 12.8 Å². The number of hydrogen-bond acceptors (Lipinski definition) is 2. The van der Waals surface area contributed by atoms with Crippen LogP contribution < -0.4 is 0 Å². The van der Waals surface area contributed by atoms with Crippen molar-refractivity contribution in [3.05, 3.63) is 12.8 Å². The summed E-state index contributed by atoms with van der Waals surface area (Å²) < 4.78 is 9.71. The fraction of sp³-hybridized carbons (Fsp3) is 0.500. The van der Waals surface area contributed by atoms with E-state index in [1.54, 1.807) is 7.11 Å². The Balaban J connectivity index is 2.98. The van der Waals surface area contributed by atoms with Gasteiger partial charge in [0.15, 0.2) is 0 Å². The molecule has 3 heteroatoms. The molecule has 0 heterocycles. The molecule has 0 fully saturated rings. The largest absolute Gasteiger partial charge is 0.529 e. The van der Waals surface area contributed by atoms with Crippen molar-refractivity contribution in [2.45, 2.75) is 6.55 Å². The van der Waals surface area contributed by atoms with Gasteiger partial charge >= 0.3 is 9.28 Å². The highest BCUT2D eigenvalue weighted by Crippen LogP contribution is 1.82. The molecule has 0 radical (unpaired) electrons. The van der Waals surface area contributed by atoms with Crippen molar-refractivity contribution in [3.8, 4) is 0 Å². The Morgan fingerprint density at radius 2 is 2.29 bits per heavy atom. The van der Waals surface area contributed by atoms with Crippen LogP contribution in [0.4, 0.5) is 0 Å². The summed E-state index contributed by atoms with van der Waals surface area (Å²) in [7, 11) is 0.340. The first-order chi connectivity index (χ1) is 3.31. The zero-order valence-electron chi connectivity index (χ0n) is 4.68. The summed E-state index contributed by atoms with van der Waals surface area (Å²) in [5.41, 5.74) is 0. The predicted octanol–water partition coefficient (Wildman–Crippen LogP) is 0.643. The maximum atomic E-state index is 4.87. The maximum absolute atomic E-state index is 4.87. The van der Waals surface area contributed by atoms with Crippen molar-refractivity contribution in [3.63, 3.8) is 0 Å². The van der Waals surface area contributed by atoms with Crippen molar-refractivity contribution in [2.24, 2.45) is 0 Å². The number of rotatable bonds is 3. The van der Waals surface area contributed by atoms with Crippen molar-refractivity contribution >= 4 is 9.28 Å². The first kappa shape index (κ1) is 6.72. The van der Waals surface area contributed by atoms with E-state index in [-0.39, 0.29) is 0 Å². The maximum Gasteiger partial charge on any atom is 0.378 e. The summed E-state index contributed by atoms with van der Waals surface area (Å²) in [6.45, 7) is 5.31. The Kier molecular flexibility index (Phi) is 3.73. The van der Waals surface area contributed by atoms with Gasteiger partial charge in [-0.05, 0) is 6.55 Å². The van der Waals surface area contributed by atoms with Gasteiger partial charge in [-0.2, -0.15) is 0 Å². The van der Waals surface area contributed by atoms with Gasteiger partial charge in [-0.25, -0.2) is 0 Å². The minimum absolute atomic E-state index is 1.30. The lowest BCUT2D eigenvalue weighted by Gasteiger charge is -2.03. The molecule has 0 saturated carbocycles. The third-order valence-electron chi connectivity index (χ3n) is 0.620. The van der Waals surface area contributed by atoms with Gasteiger partial charge in [0.25, 0.3) is 0 Å². The summed E-state index contributed by atoms with van der Waals surface area (Å²) >= 11 is 0. The molecular formula is C4H10O2Si. The van der Waals surface area contributed by atoms with Crippen molar-refractivity contribution < 1.29 is 8.85 Å². The van der Waals surface area contributed by atoms with Crippen LogP contribution in [0.3, 0.4) is 0 Å². The van der Waals surface area contributed by atoms with Gasteiger partial charge in [-0.3, -0.25) is 0 Å².